The summed E-state index contributed by atoms with van der Waals surface area (Å²) < 4.78 is 16.7. The minimum atomic E-state index is -1.79. The molecule has 2 fully saturated rings. The Bertz CT molecular complexity index is 2370. The molecule has 0 bridgehead atoms. The summed E-state index contributed by atoms with van der Waals surface area (Å²) in [6.07, 6.45) is 3.75. The van der Waals surface area contributed by atoms with Gasteiger partial charge in [-0.1, -0.05) is 31.0 Å². The van der Waals surface area contributed by atoms with E-state index in [0.29, 0.717) is 47.3 Å². The molecule has 10 N–H and O–H groups in total. The molecule has 22 nitrogen and oxygen atoms in total. The van der Waals surface area contributed by atoms with Crippen molar-refractivity contribution in [1.82, 2.24) is 25.4 Å². The summed E-state index contributed by atoms with van der Waals surface area (Å²) in [5.74, 6) is -2.83. The van der Waals surface area contributed by atoms with E-state index in [1.54, 1.807) is 53.7 Å². The van der Waals surface area contributed by atoms with Crippen LogP contribution in [-0.4, -0.2) is 153 Å². The maximum absolute atomic E-state index is 13.5. The molecule has 3 aliphatic heterocycles. The molecule has 0 aliphatic carbocycles. The Morgan fingerprint density at radius 2 is 1.67 bits per heavy atom. The van der Waals surface area contributed by atoms with E-state index < -0.39 is 73.1 Å². The van der Waals surface area contributed by atoms with Crippen molar-refractivity contribution in [3.8, 4) is 5.75 Å². The van der Waals surface area contributed by atoms with Crippen molar-refractivity contribution >= 4 is 59.0 Å². The number of likely N-dealkylation sites (tertiary alicyclic amines) is 1. The second-order valence-electron chi connectivity index (χ2n) is 16.8. The molecule has 7 amide bonds. The van der Waals surface area contributed by atoms with Gasteiger partial charge in [0.2, 0.25) is 24.0 Å². The van der Waals surface area contributed by atoms with Crippen molar-refractivity contribution in [1.29, 1.82) is 0 Å². The lowest BCUT2D eigenvalue weighted by Crippen LogP contribution is -2.60. The number of carbonyl (C=O) groups is 7. The van der Waals surface area contributed by atoms with Crippen molar-refractivity contribution in [3.63, 3.8) is 0 Å². The van der Waals surface area contributed by atoms with Gasteiger partial charge in [0.15, 0.2) is 0 Å². The molecule has 6 rings (SSSR count). The molecule has 2 aromatic carbocycles. The third-order valence-electron chi connectivity index (χ3n) is 11.8. The van der Waals surface area contributed by atoms with Gasteiger partial charge in [-0.15, -0.1) is 0 Å². The van der Waals surface area contributed by atoms with E-state index in [1.165, 1.54) is 24.3 Å². The summed E-state index contributed by atoms with van der Waals surface area (Å²) in [6, 6.07) is 13.0. The fourth-order valence-corrected chi connectivity index (χ4v) is 7.95. The number of aromatic nitrogens is 1. The monoisotopic (exact) mass is 970 g/mol. The minimum absolute atomic E-state index is 0.0313. The van der Waals surface area contributed by atoms with Crippen molar-refractivity contribution < 1.29 is 68.2 Å². The zero-order chi connectivity index (χ0) is 50.2. The predicted octanol–water partition coefficient (Wildman–Crippen LogP) is 0.558. The Morgan fingerprint density at radius 1 is 0.900 bits per heavy atom. The maximum Gasteiger partial charge on any atom is 0.411 e. The first kappa shape index (κ1) is 52.3. The number of rotatable bonds is 21. The molecule has 374 valence electrons. The number of carbonyl (C=O) groups excluding carboxylic acids is 7. The zero-order valence-electron chi connectivity index (χ0n) is 38.2. The average molecular weight is 971 g/mol. The molecule has 22 heteroatoms. The molecule has 4 heterocycles. The highest BCUT2D eigenvalue weighted by Gasteiger charge is 2.45. The summed E-state index contributed by atoms with van der Waals surface area (Å²) in [7, 11) is 0. The number of nitrogens with two attached hydrogens (primary N) is 1. The molecule has 70 heavy (non-hydrogen) atoms. The molecule has 3 aromatic rings. The van der Waals surface area contributed by atoms with E-state index in [1.807, 2.05) is 6.07 Å². The molecular weight excluding hydrogens is 913 g/mol. The Morgan fingerprint density at radius 3 is 2.39 bits per heavy atom. The number of nitrogens with zero attached hydrogens (tertiary/aromatic N) is 3. The summed E-state index contributed by atoms with van der Waals surface area (Å²) in [5, 5.41) is 51.4. The number of ether oxygens (including phenoxy) is 3. The number of hydrogen-bond donors (Lipinski definition) is 9. The highest BCUT2D eigenvalue weighted by molar-refractivity contribution is 6.15. The van der Waals surface area contributed by atoms with Crippen LogP contribution in [-0.2, 0) is 40.1 Å². The van der Waals surface area contributed by atoms with Crippen LogP contribution in [0.3, 0.4) is 0 Å². The van der Waals surface area contributed by atoms with Crippen molar-refractivity contribution in [3.05, 3.63) is 102 Å². The SMILES string of the molecule is NC[C@@H](C(=O)NCCC(=O)Nc1cc(COC(=O)Nc2cccc(C(=O)N3CCC(CCCCNC(=O)/C=C/c4cccnc4)CC3)c2)ccc1O[C@H]1O[C@H](CO)[C@@H](O)[C@H](O)[C@@H]1O)N1C(=O)C=CC1=O. The van der Waals surface area contributed by atoms with Gasteiger partial charge in [0.1, 0.15) is 42.8 Å². The molecule has 3 aliphatic rings. The molecule has 0 radical (unpaired) electrons. The predicted molar refractivity (Wildman–Crippen MR) is 250 cm³/mol. The fraction of sp³-hybridized carbons (Fsp3) is 0.417. The Labute approximate surface area is 402 Å². The molecule has 0 saturated carbocycles. The van der Waals surface area contributed by atoms with Crippen LogP contribution in [0.2, 0.25) is 0 Å². The largest absolute Gasteiger partial charge is 0.460 e. The van der Waals surface area contributed by atoms with Crippen LogP contribution in [0.1, 0.15) is 60.0 Å². The number of pyridine rings is 1. The third-order valence-corrected chi connectivity index (χ3v) is 11.8. The Balaban J connectivity index is 0.985. The van der Waals surface area contributed by atoms with Crippen molar-refractivity contribution in [2.75, 3.05) is 50.0 Å². The fourth-order valence-electron chi connectivity index (χ4n) is 7.95. The normalized spacial score (nSPS) is 20.8. The summed E-state index contributed by atoms with van der Waals surface area (Å²) in [4.78, 5) is 95.3. The van der Waals surface area contributed by atoms with Crippen LogP contribution in [0.4, 0.5) is 16.2 Å². The topological polar surface area (TPSA) is 322 Å². The molecule has 0 spiro atoms. The number of hydrogen-bond acceptors (Lipinski definition) is 16. The number of nitrogens with one attached hydrogen (secondary N) is 4. The lowest BCUT2D eigenvalue weighted by Gasteiger charge is -2.39. The van der Waals surface area contributed by atoms with Crippen LogP contribution in [0.25, 0.3) is 6.08 Å². The number of aliphatic hydroxyl groups is 4. The molecular formula is C48H58N8O14. The van der Waals surface area contributed by atoms with Gasteiger partial charge in [0.05, 0.1) is 12.3 Å². The number of anilines is 2. The van der Waals surface area contributed by atoms with Crippen LogP contribution in [0.5, 0.6) is 5.75 Å². The Hall–Kier alpha value is -7.08. The summed E-state index contributed by atoms with van der Waals surface area (Å²) in [6.45, 7) is 0.0769. The first-order chi connectivity index (χ1) is 33.7. The lowest BCUT2D eigenvalue weighted by atomic mass is 9.91. The number of aliphatic hydroxyl groups excluding tert-OH is 4. The second kappa shape index (κ2) is 25.5. The smallest absolute Gasteiger partial charge is 0.411 e. The van der Waals surface area contributed by atoms with Crippen molar-refractivity contribution in [2.45, 2.75) is 81.9 Å². The summed E-state index contributed by atoms with van der Waals surface area (Å²) >= 11 is 0. The minimum Gasteiger partial charge on any atom is -0.460 e. The molecule has 6 atom stereocenters. The maximum atomic E-state index is 13.5. The first-order valence-corrected chi connectivity index (χ1v) is 22.9. The number of benzene rings is 2. The number of imide groups is 1. The van der Waals surface area contributed by atoms with Crippen LogP contribution in [0.15, 0.2) is 85.2 Å². The van der Waals surface area contributed by atoms with Gasteiger partial charge in [-0.3, -0.25) is 44.0 Å². The zero-order valence-corrected chi connectivity index (χ0v) is 38.2. The summed E-state index contributed by atoms with van der Waals surface area (Å²) in [5.41, 5.74) is 7.51. The molecule has 2 saturated heterocycles. The van der Waals surface area contributed by atoms with Gasteiger partial charge in [0.25, 0.3) is 17.7 Å². The quantitative estimate of drug-likeness (QED) is 0.0400. The van der Waals surface area contributed by atoms with Gasteiger partial charge in [-0.25, -0.2) is 4.79 Å². The van der Waals surface area contributed by atoms with Gasteiger partial charge >= 0.3 is 6.09 Å². The average Bonchev–Trinajstić information content (AvgIpc) is 3.69. The van der Waals surface area contributed by atoms with Crippen LogP contribution >= 0.6 is 0 Å². The third kappa shape index (κ3) is 14.5. The highest BCUT2D eigenvalue weighted by Crippen LogP contribution is 2.31. The van der Waals surface area contributed by atoms with E-state index in [0.717, 1.165) is 49.8 Å². The standard InChI is InChI=1S/C48H58N8O14/c49-25-35(56-40(60)13-14-41(56)61)45(65)52-20-15-39(59)54-34-23-31(9-11-36(34)69-47-44(64)43(63)42(62)37(27-57)70-47)28-68-48(67)53-33-8-3-7-32(24-33)46(66)55-21-16-29(17-22-55)5-1-2-19-51-38(58)12-10-30-6-4-18-50-26-30/h3-4,6-14,18,23-24,26,29,35,37,42-44,47,57,62-64H,1-2,5,15-17,19-22,25,27-28,49H2,(H,51,58)(H,52,65)(H,53,67)(H,54,59)/b12-10+/t35-,37+,42+,43-,44-,47-/m0/s1. The Kier molecular flexibility index (Phi) is 19.1. The highest BCUT2D eigenvalue weighted by atomic mass is 16.7. The number of unbranched alkanes of at least 4 members (excludes halogenated alkanes) is 1. The van der Waals surface area contributed by atoms with E-state index in [9.17, 15) is 54.0 Å². The van der Waals surface area contributed by atoms with Gasteiger partial charge in [-0.05, 0) is 78.8 Å². The number of amides is 7. The van der Waals surface area contributed by atoms with E-state index in [2.05, 4.69) is 26.3 Å². The van der Waals surface area contributed by atoms with Crippen LogP contribution < -0.4 is 31.7 Å². The van der Waals surface area contributed by atoms with E-state index >= 15 is 0 Å². The second-order valence-corrected chi connectivity index (χ2v) is 16.8. The molecule has 0 unspecified atom stereocenters. The van der Waals surface area contributed by atoms with E-state index in [-0.39, 0.29) is 49.4 Å². The van der Waals surface area contributed by atoms with E-state index in [4.69, 9.17) is 19.9 Å². The lowest BCUT2D eigenvalue weighted by molar-refractivity contribution is -0.277. The molecule has 1 aromatic heterocycles. The van der Waals surface area contributed by atoms with Gasteiger partial charge < -0.3 is 61.2 Å². The van der Waals surface area contributed by atoms with Gasteiger partial charge in [0, 0.05) is 81.0 Å². The van der Waals surface area contributed by atoms with Gasteiger partial charge in [-0.2, -0.15) is 0 Å². The first-order valence-electron chi connectivity index (χ1n) is 22.9. The van der Waals surface area contributed by atoms with Crippen molar-refractivity contribution in [2.24, 2.45) is 11.7 Å². The number of piperidine rings is 1. The van der Waals surface area contributed by atoms with Crippen LogP contribution in [0, 0.1) is 5.92 Å².